The molecule has 1 N–H and O–H groups in total. The van der Waals surface area contributed by atoms with E-state index in [-0.39, 0.29) is 12.5 Å². The number of nitrogens with one attached hydrogen (secondary N) is 1. The largest absolute Gasteiger partial charge is 0.375 e. The van der Waals surface area contributed by atoms with Crippen LogP contribution in [0.4, 0.5) is 5.69 Å². The minimum absolute atomic E-state index is 0.132. The predicted molar refractivity (Wildman–Crippen MR) is 107 cm³/mol. The number of benzene rings is 1. The highest BCUT2D eigenvalue weighted by Crippen LogP contribution is 2.28. The lowest BCUT2D eigenvalue weighted by Gasteiger charge is -2.26. The average molecular weight is 415 g/mol. The molecule has 2 heterocycles. The number of amidine groups is 1. The molecule has 0 spiro atoms. The number of amides is 2. The summed E-state index contributed by atoms with van der Waals surface area (Å²) >= 11 is 11.7. The number of halogens is 2. The second-order valence-corrected chi connectivity index (χ2v) is 6.97. The summed E-state index contributed by atoms with van der Waals surface area (Å²) in [7, 11) is 1.56. The van der Waals surface area contributed by atoms with E-state index >= 15 is 0 Å². The van der Waals surface area contributed by atoms with Gasteiger partial charge in [-0.15, -0.1) is 0 Å². The van der Waals surface area contributed by atoms with Crippen LogP contribution in [0.2, 0.25) is 10.0 Å². The monoisotopic (exact) mass is 414 g/mol. The molecular weight excluding hydrogens is 391 g/mol. The van der Waals surface area contributed by atoms with Crippen molar-refractivity contribution in [1.82, 2.24) is 10.2 Å². The van der Waals surface area contributed by atoms with Crippen LogP contribution in [-0.2, 0) is 14.3 Å². The van der Waals surface area contributed by atoms with Crippen molar-refractivity contribution in [2.75, 3.05) is 38.4 Å². The molecule has 0 aromatic heterocycles. The molecule has 27 heavy (non-hydrogen) atoms. The number of hydrazone groups is 1. The Labute approximate surface area is 169 Å². The number of methoxy groups -OCH3 is 1. The summed E-state index contributed by atoms with van der Waals surface area (Å²) in [6.45, 7) is 2.79. The number of likely N-dealkylation sites (tertiary alicyclic amines) is 1. The third-order valence-electron chi connectivity index (χ3n) is 4.21. The SMILES string of the molecule is COCC(=O)N1CCCCC1.O=CNC1=NN(c2ccc(Cl)c(Cl)c2)CC1. The number of hydrogen-bond acceptors (Lipinski definition) is 5. The lowest BCUT2D eigenvalue weighted by molar-refractivity contribution is -0.136. The molecule has 2 aliphatic heterocycles. The normalized spacial score (nSPS) is 16.3. The van der Waals surface area contributed by atoms with Gasteiger partial charge in [0.2, 0.25) is 12.3 Å². The van der Waals surface area contributed by atoms with E-state index in [4.69, 9.17) is 27.9 Å². The quantitative estimate of drug-likeness (QED) is 0.768. The van der Waals surface area contributed by atoms with Gasteiger partial charge in [0.15, 0.2) is 0 Å². The third-order valence-corrected chi connectivity index (χ3v) is 4.94. The number of carbonyl (C=O) groups is 2. The maximum absolute atomic E-state index is 11.2. The fraction of sp³-hybridized carbons (Fsp3) is 0.500. The summed E-state index contributed by atoms with van der Waals surface area (Å²) in [6.07, 6.45) is 4.89. The Hall–Kier alpha value is -1.83. The van der Waals surface area contributed by atoms with Crippen molar-refractivity contribution in [3.63, 3.8) is 0 Å². The first-order valence-corrected chi connectivity index (χ1v) is 9.57. The summed E-state index contributed by atoms with van der Waals surface area (Å²) in [5, 5.41) is 9.54. The first-order chi connectivity index (χ1) is 13.0. The first-order valence-electron chi connectivity index (χ1n) is 8.82. The molecule has 148 valence electrons. The van der Waals surface area contributed by atoms with Crippen LogP contribution in [0.1, 0.15) is 25.7 Å². The van der Waals surface area contributed by atoms with Gasteiger partial charge in [0.05, 0.1) is 15.7 Å². The van der Waals surface area contributed by atoms with E-state index in [0.717, 1.165) is 31.6 Å². The van der Waals surface area contributed by atoms with Gasteiger partial charge in [0, 0.05) is 33.2 Å². The summed E-state index contributed by atoms with van der Waals surface area (Å²) in [5.74, 6) is 0.785. The Balaban J connectivity index is 0.000000208. The minimum Gasteiger partial charge on any atom is -0.375 e. The molecule has 0 saturated carbocycles. The summed E-state index contributed by atoms with van der Waals surface area (Å²) in [6, 6.07) is 5.30. The second kappa shape index (κ2) is 11.1. The Kier molecular flexibility index (Phi) is 8.84. The van der Waals surface area contributed by atoms with Gasteiger partial charge in [-0.2, -0.15) is 5.10 Å². The van der Waals surface area contributed by atoms with Crippen molar-refractivity contribution in [2.24, 2.45) is 5.10 Å². The van der Waals surface area contributed by atoms with Crippen LogP contribution in [-0.4, -0.2) is 56.4 Å². The van der Waals surface area contributed by atoms with Crippen molar-refractivity contribution >= 4 is 47.0 Å². The van der Waals surface area contributed by atoms with Crippen molar-refractivity contribution in [2.45, 2.75) is 25.7 Å². The Morgan fingerprint density at radius 2 is 1.96 bits per heavy atom. The first kappa shape index (κ1) is 21.5. The topological polar surface area (TPSA) is 74.2 Å². The third kappa shape index (κ3) is 6.68. The van der Waals surface area contributed by atoms with E-state index in [1.165, 1.54) is 6.42 Å². The number of hydrogen-bond donors (Lipinski definition) is 1. The molecule has 7 nitrogen and oxygen atoms in total. The van der Waals surface area contributed by atoms with Gasteiger partial charge in [-0.1, -0.05) is 23.2 Å². The molecule has 0 bridgehead atoms. The van der Waals surface area contributed by atoms with E-state index in [9.17, 15) is 9.59 Å². The maximum atomic E-state index is 11.2. The molecule has 0 atom stereocenters. The zero-order chi connectivity index (χ0) is 19.6. The van der Waals surface area contributed by atoms with Crippen LogP contribution >= 0.6 is 23.2 Å². The van der Waals surface area contributed by atoms with Gasteiger partial charge >= 0.3 is 0 Å². The van der Waals surface area contributed by atoms with Crippen molar-refractivity contribution < 1.29 is 14.3 Å². The molecule has 9 heteroatoms. The number of rotatable bonds is 4. The smallest absolute Gasteiger partial charge is 0.248 e. The van der Waals surface area contributed by atoms with Crippen LogP contribution in [0.5, 0.6) is 0 Å². The van der Waals surface area contributed by atoms with E-state index in [1.54, 1.807) is 24.3 Å². The Morgan fingerprint density at radius 1 is 1.22 bits per heavy atom. The molecule has 2 amide bonds. The van der Waals surface area contributed by atoms with E-state index in [2.05, 4.69) is 10.4 Å². The lowest BCUT2D eigenvalue weighted by Crippen LogP contribution is -2.37. The summed E-state index contributed by atoms with van der Waals surface area (Å²) in [4.78, 5) is 23.3. The number of piperidine rings is 1. The van der Waals surface area contributed by atoms with Gasteiger partial charge in [0.1, 0.15) is 12.4 Å². The Bertz CT molecular complexity index is 679. The highest BCUT2D eigenvalue weighted by Gasteiger charge is 2.16. The van der Waals surface area contributed by atoms with Crippen molar-refractivity contribution in [1.29, 1.82) is 0 Å². The zero-order valence-corrected chi connectivity index (χ0v) is 16.8. The fourth-order valence-electron chi connectivity index (χ4n) is 2.82. The van der Waals surface area contributed by atoms with E-state index in [1.807, 2.05) is 11.0 Å². The average Bonchev–Trinajstić information content (AvgIpc) is 3.14. The van der Waals surface area contributed by atoms with Gasteiger partial charge in [-0.05, 0) is 37.5 Å². The zero-order valence-electron chi connectivity index (χ0n) is 15.3. The standard InChI is InChI=1S/C10H9Cl2N3O.C8H15NO2/c11-8-2-1-7(5-9(8)12)15-4-3-10(14-15)13-6-16;1-11-7-8(10)9-5-3-2-4-6-9/h1-2,5-6H,3-4H2,(H,13,14,16);2-7H2,1H3. The van der Waals surface area contributed by atoms with Gasteiger partial charge in [0.25, 0.3) is 0 Å². The molecule has 1 aromatic rings. The number of anilines is 1. The highest BCUT2D eigenvalue weighted by molar-refractivity contribution is 6.42. The molecule has 0 unspecified atom stereocenters. The summed E-state index contributed by atoms with van der Waals surface area (Å²) in [5.41, 5.74) is 0.858. The molecule has 2 aliphatic rings. The van der Waals surface area contributed by atoms with Crippen molar-refractivity contribution in [3.8, 4) is 0 Å². The van der Waals surface area contributed by atoms with Crippen molar-refractivity contribution in [3.05, 3.63) is 28.2 Å². The van der Waals surface area contributed by atoms with Crippen LogP contribution in [0.15, 0.2) is 23.3 Å². The van der Waals surface area contributed by atoms with Crippen LogP contribution in [0.3, 0.4) is 0 Å². The molecular formula is C18H24Cl2N4O3. The maximum Gasteiger partial charge on any atom is 0.248 e. The second-order valence-electron chi connectivity index (χ2n) is 6.15. The number of ether oxygens (including phenoxy) is 1. The van der Waals surface area contributed by atoms with E-state index in [0.29, 0.717) is 35.3 Å². The number of carbonyl (C=O) groups excluding carboxylic acids is 2. The van der Waals surface area contributed by atoms with Gasteiger partial charge < -0.3 is 15.0 Å². The lowest BCUT2D eigenvalue weighted by atomic mass is 10.1. The van der Waals surface area contributed by atoms with Crippen LogP contribution < -0.4 is 10.3 Å². The molecule has 1 saturated heterocycles. The predicted octanol–water partition coefficient (Wildman–Crippen LogP) is 2.91. The molecule has 1 fully saturated rings. The van der Waals surface area contributed by atoms with Crippen LogP contribution in [0.25, 0.3) is 0 Å². The minimum atomic E-state index is 0.132. The van der Waals surface area contributed by atoms with Crippen LogP contribution in [0, 0.1) is 0 Å². The Morgan fingerprint density at radius 3 is 2.59 bits per heavy atom. The van der Waals surface area contributed by atoms with Gasteiger partial charge in [-0.3, -0.25) is 14.6 Å². The van der Waals surface area contributed by atoms with E-state index < -0.39 is 0 Å². The molecule has 0 radical (unpaired) electrons. The summed E-state index contributed by atoms with van der Waals surface area (Å²) < 4.78 is 4.77. The molecule has 0 aliphatic carbocycles. The number of nitrogens with zero attached hydrogens (tertiary/aromatic N) is 3. The highest BCUT2D eigenvalue weighted by atomic mass is 35.5. The fourth-order valence-corrected chi connectivity index (χ4v) is 3.11. The molecule has 1 aromatic carbocycles. The van der Waals surface area contributed by atoms with Gasteiger partial charge in [-0.25, -0.2) is 0 Å². The molecule has 3 rings (SSSR count).